The summed E-state index contributed by atoms with van der Waals surface area (Å²) in [6, 6.07) is 3.29. The summed E-state index contributed by atoms with van der Waals surface area (Å²) in [4.78, 5) is 26.1. The molecule has 1 aliphatic carbocycles. The van der Waals surface area contributed by atoms with E-state index < -0.39 is 23.0 Å². The molecule has 7 heteroatoms. The highest BCUT2D eigenvalue weighted by Crippen LogP contribution is 2.47. The maximum atomic E-state index is 13.9. The molecule has 1 aliphatic heterocycles. The van der Waals surface area contributed by atoms with Crippen LogP contribution in [0.15, 0.2) is 18.2 Å². The number of anilines is 1. The zero-order chi connectivity index (χ0) is 17.3. The SMILES string of the molecule is CCOC(=O)C1(C(=O)NC2CCN(c3ccc(F)cc3F)C2)CC1. The average molecular weight is 338 g/mol. The van der Waals surface area contributed by atoms with E-state index in [1.165, 1.54) is 12.1 Å². The van der Waals surface area contributed by atoms with Crippen molar-refractivity contribution >= 4 is 17.6 Å². The van der Waals surface area contributed by atoms with Crippen molar-refractivity contribution in [1.29, 1.82) is 0 Å². The van der Waals surface area contributed by atoms with E-state index in [1.807, 2.05) is 0 Å². The van der Waals surface area contributed by atoms with Crippen LogP contribution in [0.1, 0.15) is 26.2 Å². The van der Waals surface area contributed by atoms with E-state index in [0.717, 1.165) is 6.07 Å². The van der Waals surface area contributed by atoms with Crippen molar-refractivity contribution in [2.45, 2.75) is 32.2 Å². The number of carbonyl (C=O) groups excluding carboxylic acids is 2. The third kappa shape index (κ3) is 3.07. The molecule has 1 saturated carbocycles. The highest BCUT2D eigenvalue weighted by atomic mass is 19.1. The smallest absolute Gasteiger partial charge is 0.321 e. The van der Waals surface area contributed by atoms with E-state index in [1.54, 1.807) is 11.8 Å². The number of benzene rings is 1. The van der Waals surface area contributed by atoms with Crippen LogP contribution in [0, 0.1) is 17.0 Å². The minimum atomic E-state index is -1.04. The van der Waals surface area contributed by atoms with Crippen LogP contribution in [0.5, 0.6) is 0 Å². The number of hydrogen-bond donors (Lipinski definition) is 1. The van der Waals surface area contributed by atoms with Gasteiger partial charge in [0.2, 0.25) is 5.91 Å². The quantitative estimate of drug-likeness (QED) is 0.659. The fraction of sp³-hybridized carbons (Fsp3) is 0.529. The van der Waals surface area contributed by atoms with Gasteiger partial charge in [-0.1, -0.05) is 0 Å². The number of ether oxygens (including phenoxy) is 1. The molecule has 2 fully saturated rings. The van der Waals surface area contributed by atoms with Gasteiger partial charge in [0, 0.05) is 25.2 Å². The van der Waals surface area contributed by atoms with Gasteiger partial charge in [-0.15, -0.1) is 0 Å². The molecule has 1 N–H and O–H groups in total. The standard InChI is InChI=1S/C17H20F2N2O3/c1-2-24-16(23)17(6-7-17)15(22)20-12-5-8-21(10-12)14-4-3-11(18)9-13(14)19/h3-4,9,12H,2,5-8,10H2,1H3,(H,20,22). The molecule has 24 heavy (non-hydrogen) atoms. The van der Waals surface area contributed by atoms with E-state index in [2.05, 4.69) is 5.32 Å². The van der Waals surface area contributed by atoms with Crippen LogP contribution in [0.25, 0.3) is 0 Å². The van der Waals surface area contributed by atoms with Crippen molar-refractivity contribution in [1.82, 2.24) is 5.32 Å². The number of halogens is 2. The summed E-state index contributed by atoms with van der Waals surface area (Å²) >= 11 is 0. The Balaban J connectivity index is 1.60. The van der Waals surface area contributed by atoms with Crippen molar-refractivity contribution in [3.63, 3.8) is 0 Å². The van der Waals surface area contributed by atoms with E-state index >= 15 is 0 Å². The molecule has 1 amide bonds. The molecule has 1 atom stereocenters. The van der Waals surface area contributed by atoms with Crippen LogP contribution in [0.2, 0.25) is 0 Å². The zero-order valence-electron chi connectivity index (χ0n) is 13.5. The van der Waals surface area contributed by atoms with Gasteiger partial charge in [-0.05, 0) is 38.3 Å². The summed E-state index contributed by atoms with van der Waals surface area (Å²) in [5, 5.41) is 2.87. The number of amides is 1. The average Bonchev–Trinajstić information content (AvgIpc) is 3.23. The number of rotatable bonds is 5. The number of carbonyl (C=O) groups is 2. The van der Waals surface area contributed by atoms with E-state index in [0.29, 0.717) is 38.0 Å². The van der Waals surface area contributed by atoms with Gasteiger partial charge in [-0.2, -0.15) is 0 Å². The topological polar surface area (TPSA) is 58.6 Å². The van der Waals surface area contributed by atoms with Gasteiger partial charge in [-0.3, -0.25) is 9.59 Å². The molecule has 3 rings (SSSR count). The molecule has 1 heterocycles. The van der Waals surface area contributed by atoms with Gasteiger partial charge >= 0.3 is 5.97 Å². The Morgan fingerprint density at radius 2 is 2.12 bits per heavy atom. The lowest BCUT2D eigenvalue weighted by Crippen LogP contribution is -2.44. The molecule has 0 bridgehead atoms. The normalized spacial score (nSPS) is 21.5. The monoisotopic (exact) mass is 338 g/mol. The minimum absolute atomic E-state index is 0.172. The Kier molecular flexibility index (Phi) is 4.43. The summed E-state index contributed by atoms with van der Waals surface area (Å²) < 4.78 is 31.8. The summed E-state index contributed by atoms with van der Waals surface area (Å²) in [7, 11) is 0. The summed E-state index contributed by atoms with van der Waals surface area (Å²) in [5.74, 6) is -2.02. The maximum absolute atomic E-state index is 13.9. The zero-order valence-corrected chi connectivity index (χ0v) is 13.5. The van der Waals surface area contributed by atoms with Crippen molar-refractivity contribution < 1.29 is 23.1 Å². The van der Waals surface area contributed by atoms with E-state index in [-0.39, 0.29) is 18.6 Å². The number of hydrogen-bond acceptors (Lipinski definition) is 4. The molecule has 1 saturated heterocycles. The highest BCUT2D eigenvalue weighted by molar-refractivity contribution is 6.05. The minimum Gasteiger partial charge on any atom is -0.465 e. The lowest BCUT2D eigenvalue weighted by atomic mass is 10.1. The van der Waals surface area contributed by atoms with Gasteiger partial charge in [0.15, 0.2) is 0 Å². The highest BCUT2D eigenvalue weighted by Gasteiger charge is 2.58. The molecule has 2 aliphatic rings. The number of nitrogens with zero attached hydrogens (tertiary/aromatic N) is 1. The largest absolute Gasteiger partial charge is 0.465 e. The summed E-state index contributed by atoms with van der Waals surface area (Å²) in [6.45, 7) is 2.93. The van der Waals surface area contributed by atoms with Crippen molar-refractivity contribution in [2.24, 2.45) is 5.41 Å². The summed E-state index contributed by atoms with van der Waals surface area (Å²) in [6.07, 6.45) is 1.64. The van der Waals surface area contributed by atoms with Crippen LogP contribution in [0.3, 0.4) is 0 Å². The Labute approximate surface area is 139 Å². The number of nitrogens with one attached hydrogen (secondary N) is 1. The van der Waals surface area contributed by atoms with Crippen LogP contribution in [-0.4, -0.2) is 37.6 Å². The number of esters is 1. The molecule has 0 radical (unpaired) electrons. The molecular weight excluding hydrogens is 318 g/mol. The van der Waals surface area contributed by atoms with Crippen LogP contribution < -0.4 is 10.2 Å². The molecule has 1 aromatic carbocycles. The Bertz CT molecular complexity index is 661. The third-order valence-corrected chi connectivity index (χ3v) is 4.62. The van der Waals surface area contributed by atoms with Crippen molar-refractivity contribution in [2.75, 3.05) is 24.6 Å². The first-order valence-electron chi connectivity index (χ1n) is 8.14. The molecular formula is C17H20F2N2O3. The second kappa shape index (κ2) is 6.37. The fourth-order valence-electron chi connectivity index (χ4n) is 3.08. The second-order valence-electron chi connectivity index (χ2n) is 6.30. The van der Waals surface area contributed by atoms with Gasteiger partial charge in [0.05, 0.1) is 12.3 Å². The first-order valence-corrected chi connectivity index (χ1v) is 8.14. The van der Waals surface area contributed by atoms with E-state index in [9.17, 15) is 18.4 Å². The predicted molar refractivity (Wildman–Crippen MR) is 83.4 cm³/mol. The fourth-order valence-corrected chi connectivity index (χ4v) is 3.08. The molecule has 5 nitrogen and oxygen atoms in total. The maximum Gasteiger partial charge on any atom is 0.321 e. The van der Waals surface area contributed by atoms with Crippen molar-refractivity contribution in [3.8, 4) is 0 Å². The molecule has 0 aromatic heterocycles. The molecule has 0 spiro atoms. The molecule has 1 aromatic rings. The lowest BCUT2D eigenvalue weighted by Gasteiger charge is -2.21. The van der Waals surface area contributed by atoms with Crippen molar-refractivity contribution in [3.05, 3.63) is 29.8 Å². The molecule has 130 valence electrons. The van der Waals surface area contributed by atoms with Gasteiger partial charge in [0.25, 0.3) is 0 Å². The Morgan fingerprint density at radius 3 is 2.75 bits per heavy atom. The molecule has 1 unspecified atom stereocenters. The first kappa shape index (κ1) is 16.7. The van der Waals surface area contributed by atoms with Crippen LogP contribution in [0.4, 0.5) is 14.5 Å². The third-order valence-electron chi connectivity index (χ3n) is 4.62. The first-order chi connectivity index (χ1) is 11.5. The van der Waals surface area contributed by atoms with Gasteiger partial charge in [0.1, 0.15) is 17.0 Å². The Morgan fingerprint density at radius 1 is 1.38 bits per heavy atom. The van der Waals surface area contributed by atoms with Gasteiger partial charge in [-0.25, -0.2) is 8.78 Å². The predicted octanol–water partition coefficient (Wildman–Crippen LogP) is 2.00. The lowest BCUT2D eigenvalue weighted by molar-refractivity contribution is -0.154. The van der Waals surface area contributed by atoms with E-state index in [4.69, 9.17) is 4.74 Å². The Hall–Kier alpha value is -2.18. The van der Waals surface area contributed by atoms with Gasteiger partial charge < -0.3 is 15.0 Å². The van der Waals surface area contributed by atoms with Crippen LogP contribution in [-0.2, 0) is 14.3 Å². The van der Waals surface area contributed by atoms with Crippen LogP contribution >= 0.6 is 0 Å². The second-order valence-corrected chi connectivity index (χ2v) is 6.30. The summed E-state index contributed by atoms with van der Waals surface area (Å²) in [5.41, 5.74) is -0.718.